The van der Waals surface area contributed by atoms with E-state index in [0.29, 0.717) is 11.8 Å². The summed E-state index contributed by atoms with van der Waals surface area (Å²) < 4.78 is 11.0. The van der Waals surface area contributed by atoms with Crippen LogP contribution in [0.1, 0.15) is 40.0 Å². The maximum absolute atomic E-state index is 12.3. The molecule has 2 fully saturated rings. The van der Waals surface area contributed by atoms with Crippen LogP contribution in [0.15, 0.2) is 4.99 Å². The zero-order valence-corrected chi connectivity index (χ0v) is 17.1. The second-order valence-electron chi connectivity index (χ2n) is 8.47. The van der Waals surface area contributed by atoms with Gasteiger partial charge in [-0.15, -0.1) is 0 Å². The van der Waals surface area contributed by atoms with Gasteiger partial charge in [-0.25, -0.2) is 4.79 Å². The maximum Gasteiger partial charge on any atom is 0.410 e. The van der Waals surface area contributed by atoms with E-state index < -0.39 is 5.60 Å². The van der Waals surface area contributed by atoms with Crippen LogP contribution >= 0.6 is 0 Å². The lowest BCUT2D eigenvalue weighted by Crippen LogP contribution is -2.48. The zero-order valence-electron chi connectivity index (χ0n) is 17.1. The summed E-state index contributed by atoms with van der Waals surface area (Å²) >= 11 is 0. The van der Waals surface area contributed by atoms with E-state index in [2.05, 4.69) is 22.3 Å². The Morgan fingerprint density at radius 1 is 1.35 bits per heavy atom. The van der Waals surface area contributed by atoms with E-state index in [9.17, 15) is 4.79 Å². The minimum atomic E-state index is -0.447. The molecule has 0 radical (unpaired) electrons. The normalized spacial score (nSPS) is 24.5. The summed E-state index contributed by atoms with van der Waals surface area (Å²) in [6, 6.07) is 0. The molecular weight excluding hydrogens is 332 g/mol. The van der Waals surface area contributed by atoms with Gasteiger partial charge in [0, 0.05) is 52.8 Å². The van der Waals surface area contributed by atoms with Crippen LogP contribution in [0.5, 0.6) is 0 Å². The lowest BCUT2D eigenvalue weighted by molar-refractivity contribution is 0.0168. The van der Waals surface area contributed by atoms with Crippen LogP contribution in [0.2, 0.25) is 0 Å². The Morgan fingerprint density at radius 2 is 2.12 bits per heavy atom. The topological polar surface area (TPSA) is 66.4 Å². The van der Waals surface area contributed by atoms with Crippen molar-refractivity contribution in [3.63, 3.8) is 0 Å². The predicted molar refractivity (Wildman–Crippen MR) is 103 cm³/mol. The van der Waals surface area contributed by atoms with Gasteiger partial charge in [-0.05, 0) is 46.0 Å². The van der Waals surface area contributed by atoms with Crippen molar-refractivity contribution in [2.45, 2.75) is 45.6 Å². The first-order valence-electron chi connectivity index (χ1n) is 9.76. The Labute approximate surface area is 158 Å². The first-order valence-corrected chi connectivity index (χ1v) is 9.76. The SMILES string of the molecule is CN=C(NCC1CCCN(C(=O)OC(C)(C)C)C1)N(C)CC1CCOC1. The van der Waals surface area contributed by atoms with Crippen LogP contribution in [0, 0.1) is 11.8 Å². The maximum atomic E-state index is 12.3. The number of guanidine groups is 1. The Morgan fingerprint density at radius 3 is 2.73 bits per heavy atom. The van der Waals surface area contributed by atoms with Crippen LogP contribution in [0.25, 0.3) is 0 Å². The summed E-state index contributed by atoms with van der Waals surface area (Å²) in [7, 11) is 3.89. The van der Waals surface area contributed by atoms with E-state index >= 15 is 0 Å². The number of likely N-dealkylation sites (tertiary alicyclic amines) is 1. The number of hydrogen-bond donors (Lipinski definition) is 1. The molecule has 2 heterocycles. The molecule has 2 aliphatic rings. The first-order chi connectivity index (χ1) is 12.3. The quantitative estimate of drug-likeness (QED) is 0.609. The highest BCUT2D eigenvalue weighted by molar-refractivity contribution is 5.79. The third kappa shape index (κ3) is 6.67. The molecule has 0 aromatic rings. The molecule has 2 saturated heterocycles. The fourth-order valence-corrected chi connectivity index (χ4v) is 3.55. The van der Waals surface area contributed by atoms with Gasteiger partial charge in [-0.1, -0.05) is 0 Å². The smallest absolute Gasteiger partial charge is 0.410 e. The van der Waals surface area contributed by atoms with Gasteiger partial charge < -0.3 is 24.6 Å². The predicted octanol–water partition coefficient (Wildman–Crippen LogP) is 2.18. The number of aliphatic imine (C=N–C) groups is 1. The standard InChI is InChI=1S/C19H36N4O3/c1-19(2,3)26-18(24)23-9-6-7-15(13-23)11-21-17(20-4)22(5)12-16-8-10-25-14-16/h15-16H,6-14H2,1-5H3,(H,20,21). The van der Waals surface area contributed by atoms with Crippen molar-refractivity contribution in [3.05, 3.63) is 0 Å². The van der Waals surface area contributed by atoms with Gasteiger partial charge in [-0.2, -0.15) is 0 Å². The number of nitrogens with zero attached hydrogens (tertiary/aromatic N) is 3. The first kappa shape index (κ1) is 20.8. The molecule has 2 unspecified atom stereocenters. The summed E-state index contributed by atoms with van der Waals surface area (Å²) in [5.41, 5.74) is -0.447. The van der Waals surface area contributed by atoms with Crippen LogP contribution in [0.3, 0.4) is 0 Å². The molecule has 1 amide bonds. The monoisotopic (exact) mass is 368 g/mol. The van der Waals surface area contributed by atoms with Crippen LogP contribution < -0.4 is 5.32 Å². The molecule has 0 spiro atoms. The molecule has 0 aromatic carbocycles. The Kier molecular flexibility index (Phi) is 7.55. The summed E-state index contributed by atoms with van der Waals surface area (Å²) in [4.78, 5) is 20.7. The molecule has 7 heteroatoms. The van der Waals surface area contributed by atoms with Crippen LogP contribution in [0.4, 0.5) is 4.79 Å². The van der Waals surface area contributed by atoms with E-state index in [-0.39, 0.29) is 6.09 Å². The van der Waals surface area contributed by atoms with E-state index in [0.717, 1.165) is 64.6 Å². The largest absolute Gasteiger partial charge is 0.444 e. The average molecular weight is 369 g/mol. The molecule has 2 atom stereocenters. The summed E-state index contributed by atoms with van der Waals surface area (Å²) in [5, 5.41) is 3.48. The van der Waals surface area contributed by atoms with Gasteiger partial charge in [0.15, 0.2) is 5.96 Å². The number of ether oxygens (including phenoxy) is 2. The minimum Gasteiger partial charge on any atom is -0.444 e. The van der Waals surface area contributed by atoms with Crippen molar-refractivity contribution < 1.29 is 14.3 Å². The van der Waals surface area contributed by atoms with E-state index in [4.69, 9.17) is 9.47 Å². The average Bonchev–Trinajstić information content (AvgIpc) is 3.07. The van der Waals surface area contributed by atoms with E-state index in [1.807, 2.05) is 32.7 Å². The molecule has 0 aliphatic carbocycles. The van der Waals surface area contributed by atoms with Crippen molar-refractivity contribution in [2.24, 2.45) is 16.8 Å². The van der Waals surface area contributed by atoms with Gasteiger partial charge in [0.2, 0.25) is 0 Å². The number of piperidine rings is 1. The molecule has 0 saturated carbocycles. The van der Waals surface area contributed by atoms with Crippen molar-refractivity contribution in [2.75, 3.05) is 53.5 Å². The fraction of sp³-hybridized carbons (Fsp3) is 0.895. The van der Waals surface area contributed by atoms with Crippen molar-refractivity contribution >= 4 is 12.1 Å². The Hall–Kier alpha value is -1.50. The highest BCUT2D eigenvalue weighted by Crippen LogP contribution is 2.19. The number of nitrogens with one attached hydrogen (secondary N) is 1. The Balaban J connectivity index is 1.78. The number of rotatable bonds is 4. The van der Waals surface area contributed by atoms with Crippen molar-refractivity contribution in [1.82, 2.24) is 15.1 Å². The number of carbonyl (C=O) groups excluding carboxylic acids is 1. The third-order valence-corrected chi connectivity index (χ3v) is 4.85. The molecule has 26 heavy (non-hydrogen) atoms. The van der Waals surface area contributed by atoms with Crippen LogP contribution in [-0.4, -0.2) is 80.9 Å². The highest BCUT2D eigenvalue weighted by atomic mass is 16.6. The van der Waals surface area contributed by atoms with Crippen molar-refractivity contribution in [1.29, 1.82) is 0 Å². The molecule has 0 aromatic heterocycles. The van der Waals surface area contributed by atoms with Crippen LogP contribution in [-0.2, 0) is 9.47 Å². The van der Waals surface area contributed by atoms with Gasteiger partial charge in [0.05, 0.1) is 6.61 Å². The molecular formula is C19H36N4O3. The lowest BCUT2D eigenvalue weighted by Gasteiger charge is -2.35. The van der Waals surface area contributed by atoms with E-state index in [1.165, 1.54) is 0 Å². The number of carbonyl (C=O) groups is 1. The molecule has 0 bridgehead atoms. The van der Waals surface area contributed by atoms with Gasteiger partial charge in [0.1, 0.15) is 5.60 Å². The fourth-order valence-electron chi connectivity index (χ4n) is 3.55. The highest BCUT2D eigenvalue weighted by Gasteiger charge is 2.28. The van der Waals surface area contributed by atoms with Crippen molar-refractivity contribution in [3.8, 4) is 0 Å². The molecule has 2 rings (SSSR count). The summed E-state index contributed by atoms with van der Waals surface area (Å²) in [6.45, 7) is 10.7. The molecule has 1 N–H and O–H groups in total. The van der Waals surface area contributed by atoms with Gasteiger partial charge in [0.25, 0.3) is 0 Å². The van der Waals surface area contributed by atoms with Gasteiger partial charge in [-0.3, -0.25) is 4.99 Å². The molecule has 7 nitrogen and oxygen atoms in total. The zero-order chi connectivity index (χ0) is 19.2. The minimum absolute atomic E-state index is 0.204. The van der Waals surface area contributed by atoms with E-state index in [1.54, 1.807) is 0 Å². The van der Waals surface area contributed by atoms with Gasteiger partial charge >= 0.3 is 6.09 Å². The summed E-state index contributed by atoms with van der Waals surface area (Å²) in [6.07, 6.45) is 3.04. The lowest BCUT2D eigenvalue weighted by atomic mass is 9.98. The Bertz CT molecular complexity index is 484. The second kappa shape index (κ2) is 9.44. The second-order valence-corrected chi connectivity index (χ2v) is 8.47. The molecule has 150 valence electrons. The third-order valence-electron chi connectivity index (χ3n) is 4.85. The summed E-state index contributed by atoms with van der Waals surface area (Å²) in [5.74, 6) is 1.90. The number of amides is 1. The molecule has 2 aliphatic heterocycles. The number of hydrogen-bond acceptors (Lipinski definition) is 4.